The van der Waals surface area contributed by atoms with Crippen LogP contribution in [0.2, 0.25) is 0 Å². The van der Waals surface area contributed by atoms with Crippen LogP contribution in [0.3, 0.4) is 0 Å². The van der Waals surface area contributed by atoms with Gasteiger partial charge in [-0.15, -0.1) is 0 Å². The molecule has 34 heavy (non-hydrogen) atoms. The minimum absolute atomic E-state index is 0.641. The van der Waals surface area contributed by atoms with Crippen LogP contribution < -0.4 is 0 Å². The molecule has 0 aliphatic carbocycles. The maximum Gasteiger partial charge on any atom is 0.469 e. The third kappa shape index (κ3) is 18.3. The van der Waals surface area contributed by atoms with Gasteiger partial charge in [0.2, 0.25) is 0 Å². The Kier molecular flexibility index (Phi) is 22.3. The molecule has 0 spiro atoms. The maximum absolute atomic E-state index is 10.6. The minimum Gasteiger partial charge on any atom is -0.394 e. The second kappa shape index (κ2) is 20.2. The van der Waals surface area contributed by atoms with E-state index in [0.29, 0.717) is 0 Å². The average molecular weight is 532 g/mol. The van der Waals surface area contributed by atoms with Crippen LogP contribution in [-0.4, -0.2) is 165 Å². The van der Waals surface area contributed by atoms with E-state index in [4.69, 9.17) is 71.1 Å². The molecule has 3 unspecified atom stereocenters. The number of ketones is 2. The number of carbonyl (C=O) groups is 2. The first-order chi connectivity index (χ1) is 15.5. The summed E-state index contributed by atoms with van der Waals surface area (Å²) in [6.07, 6.45) is -11.2. The lowest BCUT2D eigenvalue weighted by Crippen LogP contribution is -2.41. The fourth-order valence-electron chi connectivity index (χ4n) is 1.45. The number of hydrogen-bond donors (Lipinski definition) is 14. The highest BCUT2D eigenvalue weighted by atomic mass is 31.2. The Labute approximate surface area is 192 Å². The van der Waals surface area contributed by atoms with Crippen LogP contribution in [0.15, 0.2) is 0 Å². The summed E-state index contributed by atoms with van der Waals surface area (Å²) in [6, 6.07) is 0. The van der Waals surface area contributed by atoms with E-state index < -0.39 is 102 Å². The van der Waals surface area contributed by atoms with Crippen LogP contribution in [0.4, 0.5) is 0 Å². The van der Waals surface area contributed by atoms with Gasteiger partial charge in [0.25, 0.3) is 0 Å². The predicted octanol–water partition coefficient (Wildman–Crippen LogP) is -8.31. The Morgan fingerprint density at radius 1 is 0.618 bits per heavy atom. The lowest BCUT2D eigenvalue weighted by molar-refractivity contribution is -0.137. The van der Waals surface area contributed by atoms with Crippen molar-refractivity contribution < 1.29 is 89.7 Å². The molecule has 0 saturated carbocycles. The molecule has 18 nitrogen and oxygen atoms in total. The quantitative estimate of drug-likeness (QED) is 0.0923. The molecule has 19 heteroatoms. The highest BCUT2D eigenvalue weighted by molar-refractivity contribution is 7.46. The Balaban J connectivity index is -0.000000434. The predicted molar refractivity (Wildman–Crippen MR) is 105 cm³/mol. The molecule has 0 fully saturated rings. The van der Waals surface area contributed by atoms with Gasteiger partial charge < -0.3 is 71.1 Å². The summed E-state index contributed by atoms with van der Waals surface area (Å²) < 4.78 is 14.0. The van der Waals surface area contributed by atoms with Crippen molar-refractivity contribution in [2.45, 2.75) is 42.7 Å². The van der Waals surface area contributed by atoms with Crippen molar-refractivity contribution in [3.8, 4) is 0 Å². The van der Waals surface area contributed by atoms with Gasteiger partial charge in [0, 0.05) is 0 Å². The van der Waals surface area contributed by atoms with Gasteiger partial charge in [0.1, 0.15) is 55.9 Å². The van der Waals surface area contributed by atoms with E-state index in [1.54, 1.807) is 0 Å². The first-order valence-electron chi connectivity index (χ1n) is 9.10. The maximum atomic E-state index is 10.6. The summed E-state index contributed by atoms with van der Waals surface area (Å²) in [5.74, 6) is -1.96. The van der Waals surface area contributed by atoms with Gasteiger partial charge in [0.15, 0.2) is 11.6 Å². The summed E-state index contributed by atoms with van der Waals surface area (Å²) in [4.78, 5) is 37.3. The fourth-order valence-corrected chi connectivity index (χ4v) is 1.80. The number of hydrogen-bond acceptors (Lipinski definition) is 16. The Morgan fingerprint density at radius 2 is 0.941 bits per heavy atom. The molecule has 0 aromatic carbocycles. The van der Waals surface area contributed by atoms with Crippen molar-refractivity contribution in [2.75, 3.05) is 39.6 Å². The summed E-state index contributed by atoms with van der Waals surface area (Å²) in [5, 5.41) is 102. The molecule has 14 N–H and O–H groups in total. The van der Waals surface area contributed by atoms with E-state index in [2.05, 4.69) is 4.52 Å². The standard InChI is InChI=1S/C5H11O8P.C5H12O5.C5H10O5/c6-1-3(7)5(9)4(8)2-13-14(10,11)12;2*6-1-3(8)5(10)4(9)2-7/h4-6,8-9H,1-2H2,(H2,10,11,12);3-10H,1-2H2;3,5-8,10H,1-2H2/t4-,5-;3-,4+,5?;/m1../s1. The summed E-state index contributed by atoms with van der Waals surface area (Å²) >= 11 is 0. The smallest absolute Gasteiger partial charge is 0.394 e. The van der Waals surface area contributed by atoms with Gasteiger partial charge in [-0.25, -0.2) is 4.57 Å². The van der Waals surface area contributed by atoms with Gasteiger partial charge >= 0.3 is 7.82 Å². The Bertz CT molecular complexity index is 574. The number of aliphatic hydroxyl groups is 12. The molecule has 0 saturated heterocycles. The van der Waals surface area contributed by atoms with Crippen LogP contribution in [-0.2, 0) is 18.7 Å². The fraction of sp³-hybridized carbons (Fsp3) is 0.867. The molecule has 0 rings (SSSR count). The van der Waals surface area contributed by atoms with E-state index >= 15 is 0 Å². The molecule has 0 aliphatic rings. The monoisotopic (exact) mass is 532 g/mol. The Hall–Kier alpha value is -1.03. The summed E-state index contributed by atoms with van der Waals surface area (Å²) in [7, 11) is -4.74. The second-order valence-corrected chi connectivity index (χ2v) is 7.47. The molecular weight excluding hydrogens is 499 g/mol. The minimum atomic E-state index is -4.74. The van der Waals surface area contributed by atoms with Crippen LogP contribution in [0.5, 0.6) is 0 Å². The molecule has 0 heterocycles. The van der Waals surface area contributed by atoms with E-state index in [9.17, 15) is 14.2 Å². The molecule has 0 aromatic rings. The van der Waals surface area contributed by atoms with Gasteiger partial charge in [-0.3, -0.25) is 14.1 Å². The number of phosphoric acid groups is 1. The first-order valence-corrected chi connectivity index (χ1v) is 10.6. The largest absolute Gasteiger partial charge is 0.469 e. The number of aliphatic hydroxyl groups excluding tert-OH is 12. The highest BCUT2D eigenvalue weighted by Gasteiger charge is 2.26. The molecule has 0 aromatic heterocycles. The SMILES string of the molecule is O=C(CO)C(O)C(O)CO.O=C(CO)[C@@H](O)[C@H](O)COP(=O)(O)O.OC[C@@H](O)C(O)[C@@H](O)CO. The summed E-state index contributed by atoms with van der Waals surface area (Å²) in [5.41, 5.74) is 0. The number of rotatable bonds is 14. The zero-order chi connectivity index (χ0) is 27.6. The van der Waals surface area contributed by atoms with E-state index in [1.807, 2.05) is 0 Å². The van der Waals surface area contributed by atoms with Crippen molar-refractivity contribution >= 4 is 19.4 Å². The van der Waals surface area contributed by atoms with Crippen molar-refractivity contribution in [3.05, 3.63) is 0 Å². The van der Waals surface area contributed by atoms with Crippen LogP contribution in [0.1, 0.15) is 0 Å². The second-order valence-electron chi connectivity index (χ2n) is 6.23. The lowest BCUT2D eigenvalue weighted by atomic mass is 10.1. The molecule has 206 valence electrons. The molecule has 7 atom stereocenters. The van der Waals surface area contributed by atoms with Gasteiger partial charge in [-0.1, -0.05) is 0 Å². The van der Waals surface area contributed by atoms with Crippen molar-refractivity contribution in [3.63, 3.8) is 0 Å². The zero-order valence-corrected chi connectivity index (χ0v) is 18.5. The molecular formula is C15H33O18P. The van der Waals surface area contributed by atoms with E-state index in [1.165, 1.54) is 0 Å². The molecule has 0 bridgehead atoms. The third-order valence-corrected chi connectivity index (χ3v) is 3.95. The zero-order valence-electron chi connectivity index (χ0n) is 17.6. The van der Waals surface area contributed by atoms with Crippen molar-refractivity contribution in [1.29, 1.82) is 0 Å². The topological polar surface area (TPSA) is 344 Å². The van der Waals surface area contributed by atoms with Crippen LogP contribution in [0.25, 0.3) is 0 Å². The Morgan fingerprint density at radius 3 is 1.21 bits per heavy atom. The van der Waals surface area contributed by atoms with Gasteiger partial charge in [-0.2, -0.15) is 0 Å². The van der Waals surface area contributed by atoms with Crippen molar-refractivity contribution in [2.24, 2.45) is 0 Å². The van der Waals surface area contributed by atoms with Crippen molar-refractivity contribution in [1.82, 2.24) is 0 Å². The van der Waals surface area contributed by atoms with Gasteiger partial charge in [0.05, 0.1) is 26.4 Å². The van der Waals surface area contributed by atoms with Crippen LogP contribution >= 0.6 is 7.82 Å². The average Bonchev–Trinajstić information content (AvgIpc) is 2.83. The molecule has 0 aliphatic heterocycles. The van der Waals surface area contributed by atoms with E-state index in [-0.39, 0.29) is 0 Å². The number of phosphoric ester groups is 1. The molecule has 0 radical (unpaired) electrons. The first kappa shape index (κ1) is 37.5. The number of Topliss-reactive ketones (excluding diaryl/α,β-unsaturated/α-hetero) is 2. The highest BCUT2D eigenvalue weighted by Crippen LogP contribution is 2.35. The molecule has 0 amide bonds. The summed E-state index contributed by atoms with van der Waals surface area (Å²) in [6.45, 7) is -4.70. The third-order valence-electron chi connectivity index (χ3n) is 3.46. The lowest BCUT2D eigenvalue weighted by Gasteiger charge is -2.19. The van der Waals surface area contributed by atoms with Gasteiger partial charge in [-0.05, 0) is 0 Å². The van der Waals surface area contributed by atoms with E-state index in [0.717, 1.165) is 0 Å². The normalized spacial score (nSPS) is 17.5. The number of carbonyl (C=O) groups excluding carboxylic acids is 2. The van der Waals surface area contributed by atoms with Crippen LogP contribution in [0, 0.1) is 0 Å².